The second-order valence-corrected chi connectivity index (χ2v) is 9.62. The summed E-state index contributed by atoms with van der Waals surface area (Å²) in [6.45, 7) is 3.63. The van der Waals surface area contributed by atoms with Crippen molar-refractivity contribution in [1.29, 1.82) is 0 Å². The first-order chi connectivity index (χ1) is 15.4. The van der Waals surface area contributed by atoms with E-state index in [2.05, 4.69) is 15.4 Å². The van der Waals surface area contributed by atoms with Crippen LogP contribution in [0.3, 0.4) is 0 Å². The molecule has 8 nitrogen and oxygen atoms in total. The van der Waals surface area contributed by atoms with Crippen LogP contribution in [-0.2, 0) is 12.6 Å². The monoisotopic (exact) mass is 465 g/mol. The lowest BCUT2D eigenvalue weighted by molar-refractivity contribution is -0.141. The van der Waals surface area contributed by atoms with E-state index < -0.39 is 34.5 Å². The van der Waals surface area contributed by atoms with Crippen LogP contribution in [0.5, 0.6) is 0 Å². The maximum absolute atomic E-state index is 13.7. The Kier molecular flexibility index (Phi) is 5.71. The molecule has 178 valence electrons. The van der Waals surface area contributed by atoms with Gasteiger partial charge in [0.1, 0.15) is 0 Å². The maximum Gasteiger partial charge on any atom is 0.435 e. The number of carbonyl (C=O) groups excluding carboxylic acids is 2. The van der Waals surface area contributed by atoms with Gasteiger partial charge in [0.25, 0.3) is 5.91 Å². The maximum atomic E-state index is 13.7. The summed E-state index contributed by atoms with van der Waals surface area (Å²) in [6, 6.07) is 1.43. The molecule has 4 N–H and O–H groups in total. The zero-order valence-electron chi connectivity index (χ0n) is 18.4. The minimum atomic E-state index is -4.79. The van der Waals surface area contributed by atoms with E-state index in [1.54, 1.807) is 0 Å². The fourth-order valence-corrected chi connectivity index (χ4v) is 4.68. The number of hydrogen-bond donors (Lipinski definition) is 3. The Labute approximate surface area is 188 Å². The van der Waals surface area contributed by atoms with E-state index in [-0.39, 0.29) is 47.8 Å². The van der Waals surface area contributed by atoms with Crippen molar-refractivity contribution in [3.63, 3.8) is 0 Å². The number of amides is 1. The fraction of sp³-hybridized carbons (Fsp3) is 0.545. The third-order valence-corrected chi connectivity index (χ3v) is 6.22. The van der Waals surface area contributed by atoms with Crippen LogP contribution in [0, 0.1) is 5.41 Å². The van der Waals surface area contributed by atoms with E-state index in [1.807, 2.05) is 13.8 Å². The molecule has 33 heavy (non-hydrogen) atoms. The molecule has 0 spiro atoms. The van der Waals surface area contributed by atoms with E-state index >= 15 is 0 Å². The summed E-state index contributed by atoms with van der Waals surface area (Å²) in [4.78, 5) is 28.7. The number of alkyl halides is 3. The van der Waals surface area contributed by atoms with Crippen LogP contribution in [0.4, 0.5) is 18.9 Å². The lowest BCUT2D eigenvalue weighted by Gasteiger charge is -2.29. The number of primary amides is 1. The van der Waals surface area contributed by atoms with Crippen molar-refractivity contribution in [2.45, 2.75) is 70.7 Å². The second kappa shape index (κ2) is 8.12. The van der Waals surface area contributed by atoms with Crippen LogP contribution < -0.4 is 11.1 Å². The Morgan fingerprint density at radius 2 is 1.91 bits per heavy atom. The summed E-state index contributed by atoms with van der Waals surface area (Å²) < 4.78 is 42.3. The Balaban J connectivity index is 1.81. The normalized spacial score (nSPS) is 22.7. The SMILES string of the molecule is CC1(C)CC(=O)c2c(C(F)(F)F)nn(-c3cnc(C(N)=O)c(NC4CCC(O)CC4)c3)c2C1. The topological polar surface area (TPSA) is 123 Å². The molecule has 0 unspecified atom stereocenters. The van der Waals surface area contributed by atoms with E-state index in [4.69, 9.17) is 5.73 Å². The van der Waals surface area contributed by atoms with Gasteiger partial charge < -0.3 is 16.2 Å². The van der Waals surface area contributed by atoms with Crippen molar-refractivity contribution in [2.75, 3.05) is 5.32 Å². The van der Waals surface area contributed by atoms with Crippen molar-refractivity contribution in [2.24, 2.45) is 11.1 Å². The highest BCUT2D eigenvalue weighted by Gasteiger charge is 2.45. The van der Waals surface area contributed by atoms with Crippen LogP contribution >= 0.6 is 0 Å². The standard InChI is InChI=1S/C22H26F3N5O3/c1-21(2)8-15-17(16(32)9-21)19(22(23,24)25)29-30(15)12-7-14(18(20(26)33)27-10-12)28-11-3-5-13(31)6-4-11/h7,10-11,13,28,31H,3-6,8-9H2,1-2H3,(H2,26,33). The number of hydrogen-bond acceptors (Lipinski definition) is 6. The Bertz CT molecular complexity index is 1100. The molecule has 0 aromatic carbocycles. The predicted octanol–water partition coefficient (Wildman–Crippen LogP) is 3.26. The van der Waals surface area contributed by atoms with Crippen molar-refractivity contribution in [3.8, 4) is 5.69 Å². The van der Waals surface area contributed by atoms with Gasteiger partial charge in [-0.25, -0.2) is 9.67 Å². The molecule has 4 rings (SSSR count). The molecule has 11 heteroatoms. The summed E-state index contributed by atoms with van der Waals surface area (Å²) in [5, 5.41) is 16.7. The van der Waals surface area contributed by atoms with Crippen LogP contribution in [0.1, 0.15) is 78.2 Å². The molecule has 0 atom stereocenters. The summed E-state index contributed by atoms with van der Waals surface area (Å²) in [5.41, 5.74) is 3.90. The van der Waals surface area contributed by atoms with Crippen LogP contribution in [0.25, 0.3) is 5.69 Å². The number of fused-ring (bicyclic) bond motifs is 1. The van der Waals surface area contributed by atoms with E-state index in [9.17, 15) is 27.9 Å². The van der Waals surface area contributed by atoms with Gasteiger partial charge >= 0.3 is 6.18 Å². The van der Waals surface area contributed by atoms with Crippen molar-refractivity contribution in [1.82, 2.24) is 14.8 Å². The third kappa shape index (κ3) is 4.59. The number of halogens is 3. The van der Waals surface area contributed by atoms with Gasteiger partial charge in [-0.1, -0.05) is 13.8 Å². The average Bonchev–Trinajstić information content (AvgIpc) is 3.08. The first-order valence-electron chi connectivity index (χ1n) is 10.8. The van der Waals surface area contributed by atoms with E-state index in [0.29, 0.717) is 25.7 Å². The highest BCUT2D eigenvalue weighted by Crippen LogP contribution is 2.42. The zero-order chi connectivity index (χ0) is 24.1. The number of Topliss-reactive ketones (excluding diaryl/α,β-unsaturated/α-hetero) is 1. The molecule has 2 heterocycles. The molecule has 1 amide bonds. The number of carbonyl (C=O) groups is 2. The third-order valence-electron chi connectivity index (χ3n) is 6.22. The number of pyridine rings is 1. The highest BCUT2D eigenvalue weighted by molar-refractivity contribution is 6.00. The molecule has 0 saturated heterocycles. The van der Waals surface area contributed by atoms with Gasteiger partial charge in [0.2, 0.25) is 0 Å². The van der Waals surface area contributed by atoms with Crippen LogP contribution in [-0.4, -0.2) is 43.7 Å². The number of nitrogens with one attached hydrogen (secondary N) is 1. The van der Waals surface area contributed by atoms with Crippen LogP contribution in [0.2, 0.25) is 0 Å². The highest BCUT2D eigenvalue weighted by atomic mass is 19.4. The lowest BCUT2D eigenvalue weighted by atomic mass is 9.75. The average molecular weight is 465 g/mol. The van der Waals surface area contributed by atoms with Gasteiger partial charge in [-0.2, -0.15) is 18.3 Å². The van der Waals surface area contributed by atoms with E-state index in [1.165, 1.54) is 12.3 Å². The number of nitrogens with zero attached hydrogens (tertiary/aromatic N) is 3. The number of aliphatic hydroxyl groups is 1. The first-order valence-corrected chi connectivity index (χ1v) is 10.8. The number of nitrogens with two attached hydrogens (primary N) is 1. The summed E-state index contributed by atoms with van der Waals surface area (Å²) in [6.07, 6.45) is -1.23. The van der Waals surface area contributed by atoms with Gasteiger partial charge in [0.15, 0.2) is 17.2 Å². The molecule has 1 fully saturated rings. The van der Waals surface area contributed by atoms with Gasteiger partial charge in [-0.3, -0.25) is 9.59 Å². The summed E-state index contributed by atoms with van der Waals surface area (Å²) in [7, 11) is 0. The Morgan fingerprint density at radius 1 is 1.24 bits per heavy atom. The van der Waals surface area contributed by atoms with Crippen molar-refractivity contribution in [3.05, 3.63) is 34.9 Å². The molecule has 0 bridgehead atoms. The number of ketones is 1. The molecular formula is C22H26F3N5O3. The Hall–Kier alpha value is -2.95. The summed E-state index contributed by atoms with van der Waals surface area (Å²) >= 11 is 0. The molecule has 2 aliphatic rings. The van der Waals surface area contributed by atoms with Crippen molar-refractivity contribution >= 4 is 17.4 Å². The number of aliphatic hydroxyl groups excluding tert-OH is 1. The smallest absolute Gasteiger partial charge is 0.393 e. The quantitative estimate of drug-likeness (QED) is 0.637. The zero-order valence-corrected chi connectivity index (χ0v) is 18.4. The van der Waals surface area contributed by atoms with Gasteiger partial charge in [-0.05, 0) is 43.6 Å². The largest absolute Gasteiger partial charge is 0.435 e. The van der Waals surface area contributed by atoms with E-state index in [0.717, 1.165) is 4.68 Å². The van der Waals surface area contributed by atoms with Crippen molar-refractivity contribution < 1.29 is 27.9 Å². The molecule has 2 aromatic rings. The molecule has 0 radical (unpaired) electrons. The molecule has 1 saturated carbocycles. The predicted molar refractivity (Wildman–Crippen MR) is 113 cm³/mol. The molecular weight excluding hydrogens is 439 g/mol. The lowest BCUT2D eigenvalue weighted by Crippen LogP contribution is -2.30. The fourth-order valence-electron chi connectivity index (χ4n) is 4.68. The molecule has 0 aliphatic heterocycles. The number of anilines is 1. The first kappa shape index (κ1) is 23.2. The van der Waals surface area contributed by atoms with Gasteiger partial charge in [-0.15, -0.1) is 0 Å². The van der Waals surface area contributed by atoms with Gasteiger partial charge in [0, 0.05) is 12.5 Å². The van der Waals surface area contributed by atoms with Gasteiger partial charge in [0.05, 0.1) is 34.9 Å². The number of aromatic nitrogens is 3. The summed E-state index contributed by atoms with van der Waals surface area (Å²) in [5.74, 6) is -1.38. The number of rotatable bonds is 4. The molecule has 2 aliphatic carbocycles. The molecule has 2 aromatic heterocycles. The second-order valence-electron chi connectivity index (χ2n) is 9.62. The minimum absolute atomic E-state index is 0.00598. The van der Waals surface area contributed by atoms with Crippen LogP contribution in [0.15, 0.2) is 12.3 Å². The Morgan fingerprint density at radius 3 is 2.52 bits per heavy atom. The minimum Gasteiger partial charge on any atom is -0.393 e.